The molecule has 2 saturated carbocycles. The van der Waals surface area contributed by atoms with E-state index in [0.29, 0.717) is 36.6 Å². The fourth-order valence-electron chi connectivity index (χ4n) is 4.73. The van der Waals surface area contributed by atoms with Gasteiger partial charge in [0, 0.05) is 30.2 Å². The average Bonchev–Trinajstić information content (AvgIpc) is 3.53. The molecule has 0 aliphatic heterocycles. The minimum atomic E-state index is -0.721. The van der Waals surface area contributed by atoms with E-state index in [2.05, 4.69) is 21.2 Å². The lowest BCUT2D eigenvalue weighted by Gasteiger charge is -2.24. The molecule has 7 nitrogen and oxygen atoms in total. The van der Waals surface area contributed by atoms with E-state index in [4.69, 9.17) is 6.57 Å². The van der Waals surface area contributed by atoms with Crippen LogP contribution in [-0.4, -0.2) is 28.5 Å². The van der Waals surface area contributed by atoms with Crippen molar-refractivity contribution in [2.45, 2.75) is 63.8 Å². The molecule has 0 radical (unpaired) electrons. The van der Waals surface area contributed by atoms with Gasteiger partial charge in [0.05, 0.1) is 18.3 Å². The van der Waals surface area contributed by atoms with E-state index in [1.807, 2.05) is 0 Å². The summed E-state index contributed by atoms with van der Waals surface area (Å²) in [6.45, 7) is 7.15. The number of carbonyl (C=O) groups excluding carboxylic acids is 3. The van der Waals surface area contributed by atoms with Crippen molar-refractivity contribution in [1.29, 1.82) is 5.26 Å². The number of amides is 1. The Bertz CT molecular complexity index is 1150. The Kier molecular flexibility index (Phi) is 6.89. The molecule has 1 aromatic heterocycles. The summed E-state index contributed by atoms with van der Waals surface area (Å²) in [6.07, 6.45) is 6.34. The van der Waals surface area contributed by atoms with Crippen LogP contribution in [0.3, 0.4) is 0 Å². The van der Waals surface area contributed by atoms with Crippen molar-refractivity contribution >= 4 is 34.1 Å². The first kappa shape index (κ1) is 22.7. The highest BCUT2D eigenvalue weighted by molar-refractivity contribution is 6.01. The molecule has 4 rings (SSSR count). The maximum Gasteiger partial charge on any atom is 0.224 e. The molecule has 2 fully saturated rings. The molecule has 1 heterocycles. The van der Waals surface area contributed by atoms with Gasteiger partial charge in [-0.3, -0.25) is 14.4 Å². The number of nitriles is 1. The lowest BCUT2D eigenvalue weighted by molar-refractivity contribution is -0.127. The molecule has 1 aromatic carbocycles. The number of aromatic nitrogens is 1. The second-order valence-corrected chi connectivity index (χ2v) is 9.40. The van der Waals surface area contributed by atoms with Crippen molar-refractivity contribution in [3.63, 3.8) is 0 Å². The predicted molar refractivity (Wildman–Crippen MR) is 123 cm³/mol. The van der Waals surface area contributed by atoms with Gasteiger partial charge >= 0.3 is 0 Å². The lowest BCUT2D eigenvalue weighted by Crippen LogP contribution is -2.41. The SMILES string of the molecule is [C-]#[N+]c1ccc2[nH]c(C(=O)C[C@@H](CC3CC3)C(=O)N[C@H](C#N)C[C@@H]3CCCCC3=O)cc2c1. The molecule has 0 bridgehead atoms. The molecule has 7 heteroatoms. The predicted octanol–water partition coefficient (Wildman–Crippen LogP) is 4.87. The largest absolute Gasteiger partial charge is 0.352 e. The Morgan fingerprint density at radius 2 is 2.03 bits per heavy atom. The summed E-state index contributed by atoms with van der Waals surface area (Å²) >= 11 is 0. The zero-order valence-electron chi connectivity index (χ0n) is 18.6. The number of carbonyl (C=O) groups is 3. The van der Waals surface area contributed by atoms with Gasteiger partial charge in [-0.25, -0.2) is 4.85 Å². The topological polar surface area (TPSA) is 107 Å². The number of fused-ring (bicyclic) bond motifs is 1. The molecule has 3 atom stereocenters. The second kappa shape index (κ2) is 10.0. The molecule has 2 aliphatic carbocycles. The van der Waals surface area contributed by atoms with E-state index >= 15 is 0 Å². The third-order valence-corrected chi connectivity index (χ3v) is 6.82. The first-order chi connectivity index (χ1) is 16.0. The van der Waals surface area contributed by atoms with Crippen LogP contribution in [0.15, 0.2) is 24.3 Å². The van der Waals surface area contributed by atoms with Gasteiger partial charge < -0.3 is 10.3 Å². The smallest absolute Gasteiger partial charge is 0.224 e. The number of hydrogen-bond donors (Lipinski definition) is 2. The Hall–Kier alpha value is -3.45. The normalized spacial score (nSPS) is 19.9. The summed E-state index contributed by atoms with van der Waals surface area (Å²) in [5.41, 5.74) is 1.70. The third kappa shape index (κ3) is 5.68. The Morgan fingerprint density at radius 1 is 1.21 bits per heavy atom. The van der Waals surface area contributed by atoms with Crippen LogP contribution in [0.25, 0.3) is 15.7 Å². The fraction of sp³-hybridized carbons (Fsp3) is 0.500. The number of rotatable bonds is 9. The molecule has 0 unspecified atom stereocenters. The Morgan fingerprint density at radius 3 is 2.73 bits per heavy atom. The highest BCUT2D eigenvalue weighted by atomic mass is 16.2. The molecule has 33 heavy (non-hydrogen) atoms. The zero-order valence-corrected chi connectivity index (χ0v) is 18.6. The Labute approximate surface area is 193 Å². The quantitative estimate of drug-likeness (QED) is 0.425. The van der Waals surface area contributed by atoms with Gasteiger partial charge in [0.2, 0.25) is 5.91 Å². The number of H-pyrrole nitrogens is 1. The fourth-order valence-corrected chi connectivity index (χ4v) is 4.73. The monoisotopic (exact) mass is 444 g/mol. The van der Waals surface area contributed by atoms with Crippen LogP contribution < -0.4 is 5.32 Å². The highest BCUT2D eigenvalue weighted by Crippen LogP contribution is 2.37. The lowest BCUT2D eigenvalue weighted by atomic mass is 9.83. The van der Waals surface area contributed by atoms with Crippen LogP contribution in [0.2, 0.25) is 0 Å². The van der Waals surface area contributed by atoms with Crippen LogP contribution in [0.5, 0.6) is 0 Å². The standard InChI is InChI=1S/C26H28N4O3/c1-28-20-8-9-22-18(12-20)13-23(30-22)25(32)14-19(10-16-6-7-16)26(33)29-21(15-27)11-17-4-2-3-5-24(17)31/h8-9,12-13,16-17,19,21,30H,2-7,10-11,14H2,(H,29,33)/t17-,19+,21-/m0/s1. The minimum absolute atomic E-state index is 0.0609. The van der Waals surface area contributed by atoms with Crippen LogP contribution in [0.4, 0.5) is 5.69 Å². The number of benzene rings is 1. The third-order valence-electron chi connectivity index (χ3n) is 6.82. The summed E-state index contributed by atoms with van der Waals surface area (Å²) in [5, 5.41) is 13.2. The minimum Gasteiger partial charge on any atom is -0.352 e. The summed E-state index contributed by atoms with van der Waals surface area (Å²) in [6, 6.07) is 8.35. The van der Waals surface area contributed by atoms with Crippen molar-refractivity contribution < 1.29 is 14.4 Å². The van der Waals surface area contributed by atoms with Crippen molar-refractivity contribution in [3.8, 4) is 6.07 Å². The number of Topliss-reactive ketones (excluding diaryl/α,β-unsaturated/α-hetero) is 2. The molecule has 2 N–H and O–H groups in total. The molecule has 2 aromatic rings. The van der Waals surface area contributed by atoms with E-state index in [1.54, 1.807) is 24.3 Å². The number of nitrogens with zero attached hydrogens (tertiary/aromatic N) is 2. The van der Waals surface area contributed by atoms with Crippen LogP contribution in [0, 0.1) is 35.7 Å². The van der Waals surface area contributed by atoms with Crippen molar-refractivity contribution in [1.82, 2.24) is 10.3 Å². The maximum absolute atomic E-state index is 13.1. The van der Waals surface area contributed by atoms with Crippen molar-refractivity contribution in [2.75, 3.05) is 0 Å². The van der Waals surface area contributed by atoms with Gasteiger partial charge in [0.25, 0.3) is 0 Å². The molecule has 1 amide bonds. The molecule has 0 spiro atoms. The van der Waals surface area contributed by atoms with E-state index in [9.17, 15) is 19.6 Å². The molecule has 2 aliphatic rings. The van der Waals surface area contributed by atoms with E-state index in [1.165, 1.54) is 0 Å². The highest BCUT2D eigenvalue weighted by Gasteiger charge is 2.33. The van der Waals surface area contributed by atoms with E-state index in [0.717, 1.165) is 43.0 Å². The van der Waals surface area contributed by atoms with Gasteiger partial charge in [-0.15, -0.1) is 0 Å². The number of ketones is 2. The number of nitrogens with one attached hydrogen (secondary N) is 2. The summed E-state index contributed by atoms with van der Waals surface area (Å²) in [4.78, 5) is 44.8. The van der Waals surface area contributed by atoms with Gasteiger partial charge in [0.15, 0.2) is 11.5 Å². The molecular formula is C26H28N4O3. The summed E-state index contributed by atoms with van der Waals surface area (Å²) < 4.78 is 0. The summed E-state index contributed by atoms with van der Waals surface area (Å²) in [5.74, 6) is -0.491. The zero-order chi connectivity index (χ0) is 23.4. The van der Waals surface area contributed by atoms with E-state index < -0.39 is 12.0 Å². The van der Waals surface area contributed by atoms with E-state index in [-0.39, 0.29) is 29.8 Å². The molecule has 170 valence electrons. The van der Waals surface area contributed by atoms with Crippen LogP contribution in [0.1, 0.15) is 68.3 Å². The maximum atomic E-state index is 13.1. The van der Waals surface area contributed by atoms with Crippen molar-refractivity contribution in [3.05, 3.63) is 41.4 Å². The molecule has 0 saturated heterocycles. The van der Waals surface area contributed by atoms with Crippen LogP contribution in [-0.2, 0) is 9.59 Å². The number of hydrogen-bond acceptors (Lipinski definition) is 4. The van der Waals surface area contributed by atoms with Gasteiger partial charge in [-0.2, -0.15) is 5.26 Å². The second-order valence-electron chi connectivity index (χ2n) is 9.40. The summed E-state index contributed by atoms with van der Waals surface area (Å²) in [7, 11) is 0. The number of aromatic amines is 1. The molecular weight excluding hydrogens is 416 g/mol. The van der Waals surface area contributed by atoms with Crippen molar-refractivity contribution in [2.24, 2.45) is 17.8 Å². The Balaban J connectivity index is 1.43. The first-order valence-corrected chi connectivity index (χ1v) is 11.7. The average molecular weight is 445 g/mol. The first-order valence-electron chi connectivity index (χ1n) is 11.7. The van der Waals surface area contributed by atoms with Crippen LogP contribution >= 0.6 is 0 Å². The van der Waals surface area contributed by atoms with Gasteiger partial charge in [-0.1, -0.05) is 25.3 Å². The van der Waals surface area contributed by atoms with Gasteiger partial charge in [-0.05, 0) is 55.2 Å². The van der Waals surface area contributed by atoms with Gasteiger partial charge in [0.1, 0.15) is 11.8 Å².